The van der Waals surface area contributed by atoms with Gasteiger partial charge in [-0.3, -0.25) is 4.79 Å². The number of fused-ring (bicyclic) bond motifs is 3. The van der Waals surface area contributed by atoms with Crippen LogP contribution in [-0.4, -0.2) is 32.7 Å². The number of methoxy groups -OCH3 is 1. The average molecular weight is 350 g/mol. The Kier molecular flexibility index (Phi) is 3.98. The molecular formula is C20H22N4O2. The molecule has 1 aliphatic carbocycles. The number of Topliss-reactive ketones (excluding diaryl/α,β-unsaturated/α-hetero) is 1. The maximum Gasteiger partial charge on any atom is 0.185 e. The van der Waals surface area contributed by atoms with Gasteiger partial charge in [0.1, 0.15) is 5.75 Å². The molecule has 0 fully saturated rings. The predicted molar refractivity (Wildman–Crippen MR) is 98.7 cm³/mol. The summed E-state index contributed by atoms with van der Waals surface area (Å²) < 4.78 is 7.10. The molecule has 1 aromatic carbocycles. The van der Waals surface area contributed by atoms with E-state index in [0.29, 0.717) is 23.7 Å². The molecule has 134 valence electrons. The first kappa shape index (κ1) is 16.7. The quantitative estimate of drug-likeness (QED) is 0.720. The minimum Gasteiger partial charge on any atom is -0.497 e. The van der Waals surface area contributed by atoms with Crippen molar-refractivity contribution in [1.29, 1.82) is 0 Å². The molecule has 3 aromatic rings. The Balaban J connectivity index is 1.98. The van der Waals surface area contributed by atoms with Gasteiger partial charge in [-0.2, -0.15) is 5.10 Å². The lowest BCUT2D eigenvalue weighted by Crippen LogP contribution is -2.23. The van der Waals surface area contributed by atoms with Crippen LogP contribution in [0.25, 0.3) is 16.8 Å². The van der Waals surface area contributed by atoms with E-state index in [1.54, 1.807) is 7.11 Å². The molecule has 0 spiro atoms. The molecule has 1 unspecified atom stereocenters. The number of carbonyl (C=O) groups is 1. The molecule has 4 rings (SSSR count). The standard InChI is InChI=1S/C20H22N4O2/c1-11(2)18-17(13-5-7-14(26-4)8-6-13)20-22-21-19-15(24(20)23-18)9-12(3)10-16(19)25/h5-8,11-12H,9-10H2,1-4H3. The monoisotopic (exact) mass is 350 g/mol. The van der Waals surface area contributed by atoms with Gasteiger partial charge in [0, 0.05) is 6.42 Å². The van der Waals surface area contributed by atoms with Crippen LogP contribution in [0.1, 0.15) is 55.0 Å². The molecule has 1 atom stereocenters. The summed E-state index contributed by atoms with van der Waals surface area (Å²) in [6, 6.07) is 7.88. The minimum atomic E-state index is 0.0562. The number of rotatable bonds is 3. The van der Waals surface area contributed by atoms with Gasteiger partial charge < -0.3 is 4.74 Å². The van der Waals surface area contributed by atoms with E-state index >= 15 is 0 Å². The van der Waals surface area contributed by atoms with Crippen molar-refractivity contribution in [2.45, 2.75) is 39.5 Å². The SMILES string of the molecule is COc1ccc(-c2c(C(C)C)nn3c4c(nnc23)C(=O)CC(C)C4)cc1. The third kappa shape index (κ3) is 2.57. The molecule has 0 radical (unpaired) electrons. The van der Waals surface area contributed by atoms with Gasteiger partial charge in [-0.15, -0.1) is 10.2 Å². The zero-order valence-corrected chi connectivity index (χ0v) is 15.5. The summed E-state index contributed by atoms with van der Waals surface area (Å²) in [5.74, 6) is 1.37. The van der Waals surface area contributed by atoms with Crippen LogP contribution < -0.4 is 4.74 Å². The van der Waals surface area contributed by atoms with E-state index < -0.39 is 0 Å². The van der Waals surface area contributed by atoms with Crippen LogP contribution in [0.4, 0.5) is 0 Å². The lowest BCUT2D eigenvalue weighted by atomic mass is 9.90. The fraction of sp³-hybridized carbons (Fsp3) is 0.400. The molecule has 2 heterocycles. The van der Waals surface area contributed by atoms with Crippen molar-refractivity contribution >= 4 is 11.4 Å². The fourth-order valence-electron chi connectivity index (χ4n) is 3.62. The molecule has 6 nitrogen and oxygen atoms in total. The Hall–Kier alpha value is -2.76. The molecule has 0 N–H and O–H groups in total. The zero-order valence-electron chi connectivity index (χ0n) is 15.5. The van der Waals surface area contributed by atoms with Crippen LogP contribution >= 0.6 is 0 Å². The second kappa shape index (κ2) is 6.20. The van der Waals surface area contributed by atoms with Gasteiger partial charge in [-0.05, 0) is 36.0 Å². The molecule has 26 heavy (non-hydrogen) atoms. The summed E-state index contributed by atoms with van der Waals surface area (Å²) in [7, 11) is 1.65. The second-order valence-electron chi connectivity index (χ2n) is 7.31. The summed E-state index contributed by atoms with van der Waals surface area (Å²) in [5, 5.41) is 13.5. The van der Waals surface area contributed by atoms with Crippen molar-refractivity contribution in [2.24, 2.45) is 5.92 Å². The molecule has 0 saturated carbocycles. The van der Waals surface area contributed by atoms with Gasteiger partial charge in [0.15, 0.2) is 17.1 Å². The highest BCUT2D eigenvalue weighted by atomic mass is 16.5. The molecule has 6 heteroatoms. The van der Waals surface area contributed by atoms with Crippen LogP contribution in [-0.2, 0) is 6.42 Å². The van der Waals surface area contributed by atoms with E-state index in [9.17, 15) is 4.79 Å². The van der Waals surface area contributed by atoms with Gasteiger partial charge in [0.2, 0.25) is 0 Å². The first-order valence-corrected chi connectivity index (χ1v) is 8.95. The van der Waals surface area contributed by atoms with Crippen LogP contribution in [0.2, 0.25) is 0 Å². The molecular weight excluding hydrogens is 328 g/mol. The van der Waals surface area contributed by atoms with Crippen LogP contribution in [0.15, 0.2) is 24.3 Å². The number of carbonyl (C=O) groups excluding carboxylic acids is 1. The van der Waals surface area contributed by atoms with Crippen LogP contribution in [0.5, 0.6) is 5.75 Å². The first-order chi connectivity index (χ1) is 12.5. The number of hydrogen-bond donors (Lipinski definition) is 0. The highest BCUT2D eigenvalue weighted by molar-refractivity contribution is 5.96. The van der Waals surface area contributed by atoms with Gasteiger partial charge in [0.25, 0.3) is 0 Å². The highest BCUT2D eigenvalue weighted by Crippen LogP contribution is 2.34. The zero-order chi connectivity index (χ0) is 18.4. The molecule has 0 aliphatic heterocycles. The van der Waals surface area contributed by atoms with Gasteiger partial charge in [0.05, 0.1) is 24.1 Å². The number of ether oxygens (including phenoxy) is 1. The Morgan fingerprint density at radius 3 is 2.54 bits per heavy atom. The highest BCUT2D eigenvalue weighted by Gasteiger charge is 2.29. The minimum absolute atomic E-state index is 0.0562. The lowest BCUT2D eigenvalue weighted by molar-refractivity contribution is 0.0944. The van der Waals surface area contributed by atoms with E-state index in [2.05, 4.69) is 31.0 Å². The van der Waals surface area contributed by atoms with Crippen molar-refractivity contribution in [3.63, 3.8) is 0 Å². The van der Waals surface area contributed by atoms with Crippen molar-refractivity contribution in [1.82, 2.24) is 19.8 Å². The molecule has 1 aliphatic rings. The van der Waals surface area contributed by atoms with Crippen LogP contribution in [0, 0.1) is 5.92 Å². The van der Waals surface area contributed by atoms with Gasteiger partial charge >= 0.3 is 0 Å². The van der Waals surface area contributed by atoms with E-state index in [4.69, 9.17) is 9.84 Å². The number of hydrogen-bond acceptors (Lipinski definition) is 5. The third-order valence-electron chi connectivity index (χ3n) is 4.93. The number of nitrogens with zero attached hydrogens (tertiary/aromatic N) is 4. The lowest BCUT2D eigenvalue weighted by Gasteiger charge is -2.19. The summed E-state index contributed by atoms with van der Waals surface area (Å²) in [5.41, 5.74) is 5.01. The normalized spacial score (nSPS) is 17.0. The van der Waals surface area contributed by atoms with Crippen LogP contribution in [0.3, 0.4) is 0 Å². The maximum absolute atomic E-state index is 12.3. The predicted octanol–water partition coefficient (Wildman–Crippen LogP) is 3.69. The largest absolute Gasteiger partial charge is 0.497 e. The van der Waals surface area contributed by atoms with Crippen molar-refractivity contribution < 1.29 is 9.53 Å². The Morgan fingerprint density at radius 1 is 1.15 bits per heavy atom. The molecule has 0 amide bonds. The number of ketones is 1. The average Bonchev–Trinajstić information content (AvgIpc) is 3.02. The van der Waals surface area contributed by atoms with Gasteiger partial charge in [-0.1, -0.05) is 32.9 Å². The van der Waals surface area contributed by atoms with E-state index in [1.165, 1.54) is 0 Å². The number of aromatic nitrogens is 4. The summed E-state index contributed by atoms with van der Waals surface area (Å²) in [6.07, 6.45) is 1.31. The van der Waals surface area contributed by atoms with Crippen molar-refractivity contribution in [3.05, 3.63) is 41.3 Å². The molecule has 2 aromatic heterocycles. The van der Waals surface area contributed by atoms with E-state index in [-0.39, 0.29) is 11.7 Å². The maximum atomic E-state index is 12.3. The Bertz CT molecular complexity index is 989. The van der Waals surface area contributed by atoms with Crippen molar-refractivity contribution in [3.8, 4) is 16.9 Å². The fourth-order valence-corrected chi connectivity index (χ4v) is 3.62. The summed E-state index contributed by atoms with van der Waals surface area (Å²) in [6.45, 7) is 6.31. The summed E-state index contributed by atoms with van der Waals surface area (Å²) in [4.78, 5) is 12.3. The molecule has 0 bridgehead atoms. The third-order valence-corrected chi connectivity index (χ3v) is 4.93. The first-order valence-electron chi connectivity index (χ1n) is 8.95. The Labute approximate surface area is 152 Å². The van der Waals surface area contributed by atoms with E-state index in [1.807, 2.05) is 28.8 Å². The smallest absolute Gasteiger partial charge is 0.185 e. The second-order valence-corrected chi connectivity index (χ2v) is 7.31. The topological polar surface area (TPSA) is 69.4 Å². The van der Waals surface area contributed by atoms with E-state index in [0.717, 1.165) is 34.7 Å². The van der Waals surface area contributed by atoms with Gasteiger partial charge in [-0.25, -0.2) is 4.52 Å². The number of benzene rings is 1. The van der Waals surface area contributed by atoms with Crippen molar-refractivity contribution in [2.75, 3.05) is 7.11 Å². The molecule has 0 saturated heterocycles. The summed E-state index contributed by atoms with van der Waals surface area (Å²) >= 11 is 0. The Morgan fingerprint density at radius 2 is 1.88 bits per heavy atom.